The minimum atomic E-state index is -0.795. The summed E-state index contributed by atoms with van der Waals surface area (Å²) in [5, 5.41) is 13.2. The van der Waals surface area contributed by atoms with Gasteiger partial charge in [-0.25, -0.2) is 4.79 Å². The first-order valence-corrected chi connectivity index (χ1v) is 6.58. The first kappa shape index (κ1) is 16.6. The maximum absolute atomic E-state index is 12.1. The molecule has 0 heterocycles. The molecule has 0 unspecified atom stereocenters. The highest BCUT2D eigenvalue weighted by atomic mass is 16.6. The van der Waals surface area contributed by atoms with Gasteiger partial charge in [0.25, 0.3) is 11.6 Å². The quantitative estimate of drug-likeness (QED) is 0.491. The molecule has 1 amide bonds. The van der Waals surface area contributed by atoms with E-state index >= 15 is 0 Å². The number of hydrogen-bond acceptors (Lipinski definition) is 5. The second-order valence-electron chi connectivity index (χ2n) is 4.75. The molecule has 0 aromatic heterocycles. The van der Waals surface area contributed by atoms with Crippen molar-refractivity contribution in [1.29, 1.82) is 0 Å². The summed E-state index contributed by atoms with van der Waals surface area (Å²) >= 11 is 0. The largest absolute Gasteiger partial charge is 0.464 e. The molecule has 0 saturated carbocycles. The highest BCUT2D eigenvalue weighted by molar-refractivity contribution is 5.97. The standard InChI is InChI=1S/C14H18N2O5/c1-4-21-14(18)12(9(2)3)15-13(17)10-6-5-7-11(8-10)16(19)20/h5-9,12H,4H2,1-3H3,(H,15,17)/t12-/m1/s1. The molecule has 0 radical (unpaired) electrons. The molecule has 7 nitrogen and oxygen atoms in total. The summed E-state index contributed by atoms with van der Waals surface area (Å²) in [5.41, 5.74) is -0.0565. The van der Waals surface area contributed by atoms with Gasteiger partial charge in [0.1, 0.15) is 6.04 Å². The average molecular weight is 294 g/mol. The minimum Gasteiger partial charge on any atom is -0.464 e. The van der Waals surface area contributed by atoms with Gasteiger partial charge in [0.15, 0.2) is 0 Å². The second-order valence-corrected chi connectivity index (χ2v) is 4.75. The van der Waals surface area contributed by atoms with Gasteiger partial charge < -0.3 is 10.1 Å². The predicted octanol–water partition coefficient (Wildman–Crippen LogP) is 1.91. The van der Waals surface area contributed by atoms with Crippen LogP contribution >= 0.6 is 0 Å². The molecule has 1 N–H and O–H groups in total. The first-order valence-electron chi connectivity index (χ1n) is 6.58. The molecule has 7 heteroatoms. The summed E-state index contributed by atoms with van der Waals surface area (Å²) in [7, 11) is 0. The molecule has 0 aliphatic carbocycles. The van der Waals surface area contributed by atoms with E-state index in [1.165, 1.54) is 18.2 Å². The van der Waals surface area contributed by atoms with Crippen molar-refractivity contribution in [2.24, 2.45) is 5.92 Å². The maximum atomic E-state index is 12.1. The third-order valence-corrected chi connectivity index (χ3v) is 2.81. The zero-order valence-electron chi connectivity index (χ0n) is 12.2. The van der Waals surface area contributed by atoms with Gasteiger partial charge >= 0.3 is 5.97 Å². The fourth-order valence-corrected chi connectivity index (χ4v) is 1.72. The molecule has 0 fully saturated rings. The van der Waals surface area contributed by atoms with Crippen LogP contribution in [0.1, 0.15) is 31.1 Å². The summed E-state index contributed by atoms with van der Waals surface area (Å²) in [5.74, 6) is -1.23. The van der Waals surface area contributed by atoms with Crippen LogP contribution in [0, 0.1) is 16.0 Å². The number of nitro benzene ring substituents is 1. The third kappa shape index (κ3) is 4.55. The van der Waals surface area contributed by atoms with Crippen LogP contribution in [0.2, 0.25) is 0 Å². The van der Waals surface area contributed by atoms with Crippen molar-refractivity contribution in [2.45, 2.75) is 26.8 Å². The number of rotatable bonds is 6. The number of hydrogen-bond donors (Lipinski definition) is 1. The molecule has 1 atom stereocenters. The summed E-state index contributed by atoms with van der Waals surface area (Å²) in [6.45, 7) is 5.44. The van der Waals surface area contributed by atoms with Gasteiger partial charge in [-0.1, -0.05) is 19.9 Å². The van der Waals surface area contributed by atoms with Crippen LogP contribution in [-0.2, 0) is 9.53 Å². The molecular formula is C14H18N2O5. The zero-order valence-corrected chi connectivity index (χ0v) is 12.2. The fourth-order valence-electron chi connectivity index (χ4n) is 1.72. The number of ether oxygens (including phenoxy) is 1. The Hall–Kier alpha value is -2.44. The smallest absolute Gasteiger partial charge is 0.328 e. The molecule has 0 saturated heterocycles. The number of nitrogens with zero attached hydrogens (tertiary/aromatic N) is 1. The number of carbonyl (C=O) groups excluding carboxylic acids is 2. The van der Waals surface area contributed by atoms with Crippen molar-refractivity contribution in [2.75, 3.05) is 6.61 Å². The van der Waals surface area contributed by atoms with Crippen LogP contribution in [0.15, 0.2) is 24.3 Å². The van der Waals surface area contributed by atoms with Crippen molar-refractivity contribution in [3.8, 4) is 0 Å². The molecule has 0 aliphatic rings. The lowest BCUT2D eigenvalue weighted by molar-refractivity contribution is -0.384. The Bertz CT molecular complexity index is 542. The Morgan fingerprint density at radius 1 is 1.38 bits per heavy atom. The van der Waals surface area contributed by atoms with Crippen LogP contribution in [-0.4, -0.2) is 29.4 Å². The molecule has 1 aromatic carbocycles. The highest BCUT2D eigenvalue weighted by Crippen LogP contribution is 2.14. The average Bonchev–Trinajstić information content (AvgIpc) is 2.44. The van der Waals surface area contributed by atoms with E-state index in [0.29, 0.717) is 0 Å². The Kier molecular flexibility index (Phi) is 5.83. The number of carbonyl (C=O) groups is 2. The minimum absolute atomic E-state index is 0.124. The normalized spacial score (nSPS) is 11.8. The molecular weight excluding hydrogens is 276 g/mol. The van der Waals surface area contributed by atoms with Crippen LogP contribution in [0.25, 0.3) is 0 Å². The number of amides is 1. The molecule has 1 rings (SSSR count). The number of esters is 1. The number of nitro groups is 1. The summed E-state index contributed by atoms with van der Waals surface area (Å²) in [6.07, 6.45) is 0. The van der Waals surface area contributed by atoms with Gasteiger partial charge in [-0.2, -0.15) is 0 Å². The summed E-state index contributed by atoms with van der Waals surface area (Å²) < 4.78 is 4.90. The van der Waals surface area contributed by atoms with Gasteiger partial charge in [0, 0.05) is 17.7 Å². The molecule has 21 heavy (non-hydrogen) atoms. The number of benzene rings is 1. The number of non-ortho nitro benzene ring substituents is 1. The Labute approximate surface area is 122 Å². The first-order chi connectivity index (χ1) is 9.86. The maximum Gasteiger partial charge on any atom is 0.328 e. The Balaban J connectivity index is 2.89. The van der Waals surface area contributed by atoms with E-state index in [4.69, 9.17) is 4.74 Å². The van der Waals surface area contributed by atoms with Gasteiger partial charge in [0.2, 0.25) is 0 Å². The topological polar surface area (TPSA) is 98.5 Å². The van der Waals surface area contributed by atoms with Crippen molar-refractivity contribution < 1.29 is 19.2 Å². The van der Waals surface area contributed by atoms with Gasteiger partial charge in [-0.3, -0.25) is 14.9 Å². The summed E-state index contributed by atoms with van der Waals surface area (Å²) in [4.78, 5) is 34.0. The lowest BCUT2D eigenvalue weighted by Crippen LogP contribution is -2.45. The van der Waals surface area contributed by atoms with Crippen molar-refractivity contribution in [1.82, 2.24) is 5.32 Å². The SMILES string of the molecule is CCOC(=O)[C@H](NC(=O)c1cccc([N+](=O)[O-])c1)C(C)C. The second kappa shape index (κ2) is 7.37. The zero-order chi connectivity index (χ0) is 16.0. The van der Waals surface area contributed by atoms with Crippen LogP contribution < -0.4 is 5.32 Å². The summed E-state index contributed by atoms with van der Waals surface area (Å²) in [6, 6.07) is 4.53. The van der Waals surface area contributed by atoms with Crippen LogP contribution in [0.4, 0.5) is 5.69 Å². The molecule has 0 aliphatic heterocycles. The Morgan fingerprint density at radius 2 is 2.05 bits per heavy atom. The lowest BCUT2D eigenvalue weighted by atomic mass is 10.0. The highest BCUT2D eigenvalue weighted by Gasteiger charge is 2.26. The van der Waals surface area contributed by atoms with E-state index in [2.05, 4.69) is 5.32 Å². The van der Waals surface area contributed by atoms with Crippen molar-refractivity contribution in [3.05, 3.63) is 39.9 Å². The molecule has 0 spiro atoms. The molecule has 0 bridgehead atoms. The van der Waals surface area contributed by atoms with Crippen LogP contribution in [0.5, 0.6) is 0 Å². The van der Waals surface area contributed by atoms with E-state index in [0.717, 1.165) is 6.07 Å². The Morgan fingerprint density at radius 3 is 2.57 bits per heavy atom. The van der Waals surface area contributed by atoms with E-state index < -0.39 is 22.8 Å². The monoisotopic (exact) mass is 294 g/mol. The molecule has 1 aromatic rings. The fraction of sp³-hybridized carbons (Fsp3) is 0.429. The van der Waals surface area contributed by atoms with E-state index in [-0.39, 0.29) is 23.8 Å². The predicted molar refractivity (Wildman–Crippen MR) is 75.8 cm³/mol. The number of nitrogens with one attached hydrogen (secondary N) is 1. The lowest BCUT2D eigenvalue weighted by Gasteiger charge is -2.20. The van der Waals surface area contributed by atoms with Crippen molar-refractivity contribution in [3.63, 3.8) is 0 Å². The van der Waals surface area contributed by atoms with Gasteiger partial charge in [0.05, 0.1) is 11.5 Å². The van der Waals surface area contributed by atoms with E-state index in [9.17, 15) is 19.7 Å². The van der Waals surface area contributed by atoms with E-state index in [1.54, 1.807) is 20.8 Å². The van der Waals surface area contributed by atoms with E-state index in [1.807, 2.05) is 0 Å². The van der Waals surface area contributed by atoms with Gasteiger partial charge in [-0.05, 0) is 18.9 Å². The van der Waals surface area contributed by atoms with Crippen LogP contribution in [0.3, 0.4) is 0 Å². The van der Waals surface area contributed by atoms with Crippen molar-refractivity contribution >= 4 is 17.6 Å². The third-order valence-electron chi connectivity index (χ3n) is 2.81. The molecule has 114 valence electrons. The van der Waals surface area contributed by atoms with Gasteiger partial charge in [-0.15, -0.1) is 0 Å².